The number of carbonyl (C=O) groups is 3. The van der Waals surface area contributed by atoms with Gasteiger partial charge in [0.2, 0.25) is 5.91 Å². The number of rotatable bonds is 6. The summed E-state index contributed by atoms with van der Waals surface area (Å²) < 4.78 is 1.54. The van der Waals surface area contributed by atoms with Gasteiger partial charge in [0.15, 0.2) is 0 Å². The lowest BCUT2D eigenvalue weighted by Crippen LogP contribution is -2.39. The number of amides is 3. The molecule has 1 saturated heterocycles. The van der Waals surface area contributed by atoms with Crippen molar-refractivity contribution in [1.82, 2.24) is 20.0 Å². The van der Waals surface area contributed by atoms with Gasteiger partial charge in [-0.3, -0.25) is 24.0 Å². The molecule has 0 bridgehead atoms. The number of nitrogens with zero attached hydrogens (tertiary/aromatic N) is 3. The number of imide groups is 1. The van der Waals surface area contributed by atoms with Crippen molar-refractivity contribution >= 4 is 34.9 Å². The third-order valence-electron chi connectivity index (χ3n) is 3.91. The Hall–Kier alpha value is -2.87. The Morgan fingerprint density at radius 2 is 2.04 bits per heavy atom. The van der Waals surface area contributed by atoms with Gasteiger partial charge in [-0.1, -0.05) is 30.3 Å². The fraction of sp³-hybridized carbons (Fsp3) is 0.222. The zero-order valence-electron chi connectivity index (χ0n) is 14.2. The maximum absolute atomic E-state index is 12.4. The third-order valence-corrected chi connectivity index (χ3v) is 4.81. The Kier molecular flexibility index (Phi) is 5.52. The van der Waals surface area contributed by atoms with E-state index in [9.17, 15) is 14.4 Å². The van der Waals surface area contributed by atoms with E-state index in [4.69, 9.17) is 0 Å². The van der Waals surface area contributed by atoms with Crippen LogP contribution in [-0.2, 0) is 9.59 Å². The molecule has 1 aromatic heterocycles. The van der Waals surface area contributed by atoms with Crippen LogP contribution in [0, 0.1) is 0 Å². The van der Waals surface area contributed by atoms with Crippen LogP contribution in [-0.4, -0.2) is 44.8 Å². The van der Waals surface area contributed by atoms with Gasteiger partial charge in [0, 0.05) is 25.5 Å². The molecule has 7 nitrogen and oxygen atoms in total. The van der Waals surface area contributed by atoms with Gasteiger partial charge in [0.1, 0.15) is 6.04 Å². The summed E-state index contributed by atoms with van der Waals surface area (Å²) in [5, 5.41) is 6.42. The minimum absolute atomic E-state index is 0.133. The van der Waals surface area contributed by atoms with Crippen molar-refractivity contribution in [3.8, 4) is 0 Å². The van der Waals surface area contributed by atoms with Gasteiger partial charge in [-0.05, 0) is 36.4 Å². The highest BCUT2D eigenvalue weighted by Gasteiger charge is 2.34. The van der Waals surface area contributed by atoms with Crippen molar-refractivity contribution in [2.24, 2.45) is 0 Å². The summed E-state index contributed by atoms with van der Waals surface area (Å²) in [4.78, 5) is 38.1. The summed E-state index contributed by atoms with van der Waals surface area (Å²) in [5.74, 6) is -0.557. The second kappa shape index (κ2) is 8.01. The van der Waals surface area contributed by atoms with E-state index in [1.807, 2.05) is 30.3 Å². The maximum atomic E-state index is 12.4. The van der Waals surface area contributed by atoms with E-state index in [1.165, 1.54) is 4.68 Å². The molecule has 0 saturated carbocycles. The average molecular weight is 370 g/mol. The lowest BCUT2D eigenvalue weighted by molar-refractivity contribution is -0.125. The van der Waals surface area contributed by atoms with Crippen molar-refractivity contribution in [1.29, 1.82) is 0 Å². The number of nitrogens with one attached hydrogen (secondary N) is 1. The maximum Gasteiger partial charge on any atom is 0.293 e. The monoisotopic (exact) mass is 370 g/mol. The molecule has 0 radical (unpaired) electrons. The smallest absolute Gasteiger partial charge is 0.293 e. The van der Waals surface area contributed by atoms with Crippen LogP contribution >= 0.6 is 11.8 Å². The van der Waals surface area contributed by atoms with Crippen LogP contribution in [0.3, 0.4) is 0 Å². The number of hydrogen-bond donors (Lipinski definition) is 1. The van der Waals surface area contributed by atoms with Crippen molar-refractivity contribution in [3.63, 3.8) is 0 Å². The molecule has 2 heterocycles. The SMILES string of the molecule is CC(C(=O)NCCN1C(=O)S/C(=C/c2ccccc2)C1=O)n1cccn1. The van der Waals surface area contributed by atoms with Crippen LogP contribution in [0.1, 0.15) is 18.5 Å². The lowest BCUT2D eigenvalue weighted by atomic mass is 10.2. The highest BCUT2D eigenvalue weighted by atomic mass is 32.2. The number of hydrogen-bond acceptors (Lipinski definition) is 5. The molecular weight excluding hydrogens is 352 g/mol. The Morgan fingerprint density at radius 3 is 2.73 bits per heavy atom. The van der Waals surface area contributed by atoms with E-state index >= 15 is 0 Å². The molecule has 3 rings (SSSR count). The van der Waals surface area contributed by atoms with E-state index in [0.717, 1.165) is 22.2 Å². The molecule has 1 atom stereocenters. The molecule has 1 fully saturated rings. The minimum Gasteiger partial charge on any atom is -0.352 e. The topological polar surface area (TPSA) is 84.3 Å². The zero-order valence-corrected chi connectivity index (χ0v) is 15.0. The van der Waals surface area contributed by atoms with E-state index in [0.29, 0.717) is 4.91 Å². The van der Waals surface area contributed by atoms with Crippen LogP contribution in [0.5, 0.6) is 0 Å². The molecule has 134 valence electrons. The highest BCUT2D eigenvalue weighted by Crippen LogP contribution is 2.31. The van der Waals surface area contributed by atoms with Crippen molar-refractivity contribution in [3.05, 3.63) is 59.3 Å². The molecule has 26 heavy (non-hydrogen) atoms. The Bertz CT molecular complexity index is 833. The average Bonchev–Trinajstić information content (AvgIpc) is 3.26. The first-order valence-electron chi connectivity index (χ1n) is 8.13. The Labute approximate surface area is 155 Å². The van der Waals surface area contributed by atoms with Crippen LogP contribution < -0.4 is 5.32 Å². The van der Waals surface area contributed by atoms with E-state index in [2.05, 4.69) is 10.4 Å². The minimum atomic E-state index is -0.460. The predicted octanol–water partition coefficient (Wildman–Crippen LogP) is 2.30. The first kappa shape index (κ1) is 17.9. The molecule has 1 aliphatic rings. The van der Waals surface area contributed by atoms with Gasteiger partial charge in [-0.2, -0.15) is 5.10 Å². The van der Waals surface area contributed by atoms with Crippen LogP contribution in [0.25, 0.3) is 6.08 Å². The summed E-state index contributed by atoms with van der Waals surface area (Å²) in [6, 6.07) is 10.6. The molecule has 1 N–H and O–H groups in total. The van der Waals surface area contributed by atoms with E-state index in [1.54, 1.807) is 31.5 Å². The summed E-state index contributed by atoms with van der Waals surface area (Å²) in [6.45, 7) is 2.06. The zero-order chi connectivity index (χ0) is 18.5. The van der Waals surface area contributed by atoms with Gasteiger partial charge < -0.3 is 5.32 Å². The fourth-order valence-corrected chi connectivity index (χ4v) is 3.33. The van der Waals surface area contributed by atoms with Gasteiger partial charge >= 0.3 is 0 Å². The molecule has 8 heteroatoms. The normalized spacial score (nSPS) is 17.0. The third kappa shape index (κ3) is 4.02. The second-order valence-electron chi connectivity index (χ2n) is 5.70. The van der Waals surface area contributed by atoms with Crippen LogP contribution in [0.2, 0.25) is 0 Å². The number of aromatic nitrogens is 2. The first-order valence-corrected chi connectivity index (χ1v) is 8.95. The van der Waals surface area contributed by atoms with Gasteiger partial charge in [0.25, 0.3) is 11.1 Å². The number of benzene rings is 1. The molecule has 1 unspecified atom stereocenters. The van der Waals surface area contributed by atoms with Crippen LogP contribution in [0.15, 0.2) is 53.7 Å². The largest absolute Gasteiger partial charge is 0.352 e. The van der Waals surface area contributed by atoms with E-state index in [-0.39, 0.29) is 30.1 Å². The van der Waals surface area contributed by atoms with Gasteiger partial charge in [-0.25, -0.2) is 0 Å². The molecule has 2 aromatic rings. The molecule has 0 spiro atoms. The molecule has 1 aliphatic heterocycles. The number of carbonyl (C=O) groups excluding carboxylic acids is 3. The van der Waals surface area contributed by atoms with E-state index < -0.39 is 6.04 Å². The van der Waals surface area contributed by atoms with Crippen molar-refractivity contribution in [2.75, 3.05) is 13.1 Å². The van der Waals surface area contributed by atoms with Crippen molar-refractivity contribution < 1.29 is 14.4 Å². The summed E-state index contributed by atoms with van der Waals surface area (Å²) in [7, 11) is 0. The van der Waals surface area contributed by atoms with Crippen LogP contribution in [0.4, 0.5) is 4.79 Å². The molecule has 1 aromatic carbocycles. The van der Waals surface area contributed by atoms with Crippen molar-refractivity contribution in [2.45, 2.75) is 13.0 Å². The standard InChI is InChI=1S/C18H18N4O3S/c1-13(22-10-5-8-20-22)16(23)19-9-11-21-17(24)15(26-18(21)25)12-14-6-3-2-4-7-14/h2-8,10,12-13H,9,11H2,1H3,(H,19,23)/b15-12+. The second-order valence-corrected chi connectivity index (χ2v) is 6.69. The summed E-state index contributed by atoms with van der Waals surface area (Å²) in [5.41, 5.74) is 0.861. The van der Waals surface area contributed by atoms with Gasteiger partial charge in [0.05, 0.1) is 4.91 Å². The lowest BCUT2D eigenvalue weighted by Gasteiger charge is -2.15. The first-order chi connectivity index (χ1) is 12.6. The summed E-state index contributed by atoms with van der Waals surface area (Å²) >= 11 is 0.912. The predicted molar refractivity (Wildman–Crippen MR) is 99.1 cm³/mol. The quantitative estimate of drug-likeness (QED) is 0.789. The fourth-order valence-electron chi connectivity index (χ4n) is 2.46. The Morgan fingerprint density at radius 1 is 1.27 bits per heavy atom. The number of thioether (sulfide) groups is 1. The molecule has 3 amide bonds. The Balaban J connectivity index is 1.55. The van der Waals surface area contributed by atoms with Gasteiger partial charge in [-0.15, -0.1) is 0 Å². The highest BCUT2D eigenvalue weighted by molar-refractivity contribution is 8.18. The molecule has 0 aliphatic carbocycles. The summed E-state index contributed by atoms with van der Waals surface area (Å²) in [6.07, 6.45) is 5.00. The molecular formula is C18H18N4O3S.